The summed E-state index contributed by atoms with van der Waals surface area (Å²) in [5.41, 5.74) is -1.62. The summed E-state index contributed by atoms with van der Waals surface area (Å²) in [5, 5.41) is 2.57. The van der Waals surface area contributed by atoms with Crippen LogP contribution in [0.1, 0.15) is 54.4 Å². The summed E-state index contributed by atoms with van der Waals surface area (Å²) < 4.78 is 89.4. The highest BCUT2D eigenvalue weighted by Gasteiger charge is 2.35. The van der Waals surface area contributed by atoms with Crippen LogP contribution in [-0.4, -0.2) is 66.6 Å². The van der Waals surface area contributed by atoms with Gasteiger partial charge in [-0.3, -0.25) is 9.59 Å². The molecule has 0 bridgehead atoms. The number of piperidine rings is 1. The zero-order valence-electron chi connectivity index (χ0n) is 19.0. The van der Waals surface area contributed by atoms with Crippen molar-refractivity contribution in [3.8, 4) is 0 Å². The molecule has 1 N–H and O–H groups in total. The minimum absolute atomic E-state index is 0.0824. The fourth-order valence-corrected chi connectivity index (χ4v) is 4.64. The van der Waals surface area contributed by atoms with Gasteiger partial charge in [-0.15, -0.1) is 0 Å². The van der Waals surface area contributed by atoms with E-state index in [1.807, 2.05) is 0 Å². The van der Waals surface area contributed by atoms with Crippen molar-refractivity contribution in [2.75, 3.05) is 32.7 Å². The number of nitrogens with one attached hydrogen (secondary N) is 1. The van der Waals surface area contributed by atoms with E-state index in [4.69, 9.17) is 0 Å². The minimum Gasteiger partial charge on any atom is -0.352 e. The zero-order valence-corrected chi connectivity index (χ0v) is 19.0. The van der Waals surface area contributed by atoms with Gasteiger partial charge >= 0.3 is 12.4 Å². The number of amides is 2. The van der Waals surface area contributed by atoms with Crippen molar-refractivity contribution in [2.45, 2.75) is 56.9 Å². The van der Waals surface area contributed by atoms with Gasteiger partial charge in [0.15, 0.2) is 0 Å². The van der Waals surface area contributed by atoms with Gasteiger partial charge in [0, 0.05) is 37.7 Å². The lowest BCUT2D eigenvalue weighted by molar-refractivity contribution is -0.149. The molecule has 0 spiro atoms. The molecule has 0 saturated carbocycles. The summed E-state index contributed by atoms with van der Waals surface area (Å²) in [7, 11) is 0. The van der Waals surface area contributed by atoms with Gasteiger partial charge in [-0.05, 0) is 62.9 Å². The van der Waals surface area contributed by atoms with Gasteiger partial charge in [0.2, 0.25) is 5.91 Å². The first-order valence-corrected chi connectivity index (χ1v) is 11.6. The molecule has 35 heavy (non-hydrogen) atoms. The number of benzene rings is 1. The predicted molar refractivity (Wildman–Crippen MR) is 113 cm³/mol. The van der Waals surface area contributed by atoms with E-state index in [1.54, 1.807) is 4.90 Å². The molecular formula is C23H28F7N3O2. The highest BCUT2D eigenvalue weighted by Crippen LogP contribution is 2.30. The fraction of sp³-hybridized carbons (Fsp3) is 0.652. The van der Waals surface area contributed by atoms with E-state index in [9.17, 15) is 40.3 Å². The van der Waals surface area contributed by atoms with Crippen LogP contribution in [0, 0.1) is 11.7 Å². The minimum atomic E-state index is -4.76. The first kappa shape index (κ1) is 27.2. The topological polar surface area (TPSA) is 52.7 Å². The summed E-state index contributed by atoms with van der Waals surface area (Å²) in [4.78, 5) is 28.2. The molecule has 2 amide bonds. The summed E-state index contributed by atoms with van der Waals surface area (Å²) in [6.45, 7) is 2.59. The van der Waals surface area contributed by atoms with Gasteiger partial charge in [-0.1, -0.05) is 0 Å². The van der Waals surface area contributed by atoms with Gasteiger partial charge in [-0.25, -0.2) is 4.39 Å². The molecule has 5 nitrogen and oxygen atoms in total. The number of rotatable bonds is 7. The summed E-state index contributed by atoms with van der Waals surface area (Å²) in [6.07, 6.45) is -7.91. The van der Waals surface area contributed by atoms with Crippen molar-refractivity contribution in [1.82, 2.24) is 15.1 Å². The summed E-state index contributed by atoms with van der Waals surface area (Å²) >= 11 is 0. The number of carbonyl (C=O) groups excluding carboxylic acids is 2. The highest BCUT2D eigenvalue weighted by atomic mass is 19.4. The first-order chi connectivity index (χ1) is 16.3. The maximum Gasteiger partial charge on any atom is 0.416 e. The number of hydrogen-bond donors (Lipinski definition) is 1. The van der Waals surface area contributed by atoms with E-state index in [1.165, 1.54) is 0 Å². The van der Waals surface area contributed by atoms with Gasteiger partial charge in [0.25, 0.3) is 5.91 Å². The average molecular weight is 511 g/mol. The monoisotopic (exact) mass is 511 g/mol. The number of halogens is 7. The summed E-state index contributed by atoms with van der Waals surface area (Å²) in [5.74, 6) is -2.32. The molecule has 2 aliphatic rings. The Labute approximate surface area is 198 Å². The molecule has 0 aromatic heterocycles. The van der Waals surface area contributed by atoms with Crippen LogP contribution in [0.25, 0.3) is 0 Å². The van der Waals surface area contributed by atoms with Crippen molar-refractivity contribution in [3.05, 3.63) is 35.1 Å². The molecular weight excluding hydrogens is 483 g/mol. The Morgan fingerprint density at radius 3 is 2.29 bits per heavy atom. The van der Waals surface area contributed by atoms with Gasteiger partial charge < -0.3 is 15.1 Å². The van der Waals surface area contributed by atoms with Gasteiger partial charge in [0.1, 0.15) is 5.82 Å². The standard InChI is InChI=1S/C23H28F7N3O2/c24-18-11-16(10-17(12-18)23(28,29)30)21(35)31-13-15-4-8-32(9-5-15)14-19-2-1-7-33(19)20(34)3-6-22(25,26)27/h10-12,15,19H,1-9,13-14H2,(H,31,35). The third kappa shape index (κ3) is 8.08. The lowest BCUT2D eigenvalue weighted by Crippen LogP contribution is -2.46. The maximum absolute atomic E-state index is 13.5. The first-order valence-electron chi connectivity index (χ1n) is 11.6. The Bertz CT molecular complexity index is 896. The van der Waals surface area contributed by atoms with E-state index in [0.29, 0.717) is 51.2 Å². The molecule has 2 heterocycles. The lowest BCUT2D eigenvalue weighted by atomic mass is 9.96. The normalized spacial score (nSPS) is 20.3. The molecule has 2 aliphatic heterocycles. The quantitative estimate of drug-likeness (QED) is 0.544. The molecule has 1 unspecified atom stereocenters. The van der Waals surface area contributed by atoms with Crippen LogP contribution in [-0.2, 0) is 11.0 Å². The number of nitrogens with zero attached hydrogens (tertiary/aromatic N) is 2. The number of hydrogen-bond acceptors (Lipinski definition) is 3. The van der Waals surface area contributed by atoms with Crippen LogP contribution in [0.15, 0.2) is 18.2 Å². The molecule has 1 atom stereocenters. The third-order valence-corrected chi connectivity index (χ3v) is 6.53. The molecule has 3 rings (SSSR count). The maximum atomic E-state index is 13.5. The van der Waals surface area contributed by atoms with Gasteiger partial charge in [-0.2, -0.15) is 26.3 Å². The molecule has 0 radical (unpaired) electrons. The number of likely N-dealkylation sites (tertiary alicyclic amines) is 2. The molecule has 12 heteroatoms. The van der Waals surface area contributed by atoms with Crippen molar-refractivity contribution < 1.29 is 40.3 Å². The van der Waals surface area contributed by atoms with E-state index in [0.717, 1.165) is 18.9 Å². The van der Waals surface area contributed by atoms with E-state index in [2.05, 4.69) is 10.2 Å². The molecule has 1 aromatic carbocycles. The van der Waals surface area contributed by atoms with Gasteiger partial charge in [0.05, 0.1) is 12.0 Å². The Hall–Kier alpha value is -2.37. The third-order valence-electron chi connectivity index (χ3n) is 6.53. The second kappa shape index (κ2) is 11.1. The lowest BCUT2D eigenvalue weighted by Gasteiger charge is -2.36. The highest BCUT2D eigenvalue weighted by molar-refractivity contribution is 5.94. The van der Waals surface area contributed by atoms with Crippen LogP contribution in [0.5, 0.6) is 0 Å². The molecule has 2 fully saturated rings. The zero-order chi connectivity index (χ0) is 25.8. The van der Waals surface area contributed by atoms with E-state index < -0.39 is 54.0 Å². The molecule has 2 saturated heterocycles. The van der Waals surface area contributed by atoms with Crippen LogP contribution in [0.4, 0.5) is 30.7 Å². The second-order valence-electron chi connectivity index (χ2n) is 9.18. The largest absolute Gasteiger partial charge is 0.416 e. The average Bonchev–Trinajstić information content (AvgIpc) is 3.23. The fourth-order valence-electron chi connectivity index (χ4n) is 4.64. The van der Waals surface area contributed by atoms with Crippen molar-refractivity contribution in [2.24, 2.45) is 5.92 Å². The SMILES string of the molecule is O=C(NCC1CCN(CC2CCCN2C(=O)CCC(F)(F)F)CC1)c1cc(F)cc(C(F)(F)F)c1. The molecule has 0 aliphatic carbocycles. The Balaban J connectivity index is 1.44. The van der Waals surface area contributed by atoms with E-state index >= 15 is 0 Å². The van der Waals surface area contributed by atoms with Crippen LogP contribution >= 0.6 is 0 Å². The van der Waals surface area contributed by atoms with Crippen LogP contribution in [0.2, 0.25) is 0 Å². The summed E-state index contributed by atoms with van der Waals surface area (Å²) in [6, 6.07) is 1.59. The van der Waals surface area contributed by atoms with Crippen molar-refractivity contribution in [3.63, 3.8) is 0 Å². The predicted octanol–water partition coefficient (Wildman–Crippen LogP) is 4.62. The van der Waals surface area contributed by atoms with Crippen molar-refractivity contribution >= 4 is 11.8 Å². The van der Waals surface area contributed by atoms with E-state index in [-0.39, 0.29) is 18.5 Å². The number of alkyl halides is 6. The molecule has 1 aromatic rings. The van der Waals surface area contributed by atoms with Crippen LogP contribution < -0.4 is 5.32 Å². The van der Waals surface area contributed by atoms with Crippen molar-refractivity contribution in [1.29, 1.82) is 0 Å². The Morgan fingerprint density at radius 2 is 1.66 bits per heavy atom. The smallest absolute Gasteiger partial charge is 0.352 e. The molecule has 196 valence electrons. The Morgan fingerprint density at radius 1 is 0.971 bits per heavy atom. The Kier molecular flexibility index (Phi) is 8.66. The second-order valence-corrected chi connectivity index (χ2v) is 9.18. The number of carbonyl (C=O) groups is 2. The van der Waals surface area contributed by atoms with Crippen LogP contribution in [0.3, 0.4) is 0 Å².